The normalized spacial score (nSPS) is 22.0. The van der Waals surface area contributed by atoms with Gasteiger partial charge in [0.2, 0.25) is 0 Å². The Kier molecular flexibility index (Phi) is 9.23. The van der Waals surface area contributed by atoms with Crippen molar-refractivity contribution >= 4 is 51.0 Å². The predicted molar refractivity (Wildman–Crippen MR) is 157 cm³/mol. The van der Waals surface area contributed by atoms with Crippen LogP contribution in [-0.2, 0) is 16.0 Å². The number of aryl methyl sites for hydroxylation is 1. The Labute approximate surface area is 243 Å². The maximum atomic E-state index is 14.2. The van der Waals surface area contributed by atoms with Crippen LogP contribution in [0.1, 0.15) is 66.2 Å². The molecule has 2 aliphatic rings. The molecule has 1 saturated heterocycles. The van der Waals surface area contributed by atoms with Gasteiger partial charge in [-0.15, -0.1) is 23.2 Å². The number of carbonyl (C=O) groups is 2. The number of hydrogen-bond acceptors (Lipinski definition) is 3. The number of rotatable bonds is 3. The lowest BCUT2D eigenvalue weighted by Crippen LogP contribution is -2.46. The van der Waals surface area contributed by atoms with Crippen LogP contribution in [0, 0.1) is 5.92 Å². The fourth-order valence-corrected chi connectivity index (χ4v) is 6.06. The highest BCUT2D eigenvalue weighted by Gasteiger charge is 2.57. The molecule has 4 atom stereocenters. The molecule has 0 unspecified atom stereocenters. The van der Waals surface area contributed by atoms with Crippen molar-refractivity contribution in [2.75, 3.05) is 5.34 Å². The molecule has 1 fully saturated rings. The fraction of sp³-hybridized carbons (Fsp3) is 0.355. The molecule has 3 aromatic rings. The molecule has 0 N–H and O–H groups in total. The summed E-state index contributed by atoms with van der Waals surface area (Å²) >= 11 is 13.0. The summed E-state index contributed by atoms with van der Waals surface area (Å²) in [6, 6.07) is 25.0. The molecule has 0 radical (unpaired) electrons. The Morgan fingerprint density at radius 1 is 0.947 bits per heavy atom. The van der Waals surface area contributed by atoms with Crippen LogP contribution in [0.4, 0.5) is 0 Å². The molecule has 1 heterocycles. The van der Waals surface area contributed by atoms with Gasteiger partial charge in [-0.05, 0) is 80.5 Å². The van der Waals surface area contributed by atoms with E-state index in [1.165, 1.54) is 5.56 Å². The van der Waals surface area contributed by atoms with Crippen LogP contribution in [-0.4, -0.2) is 33.8 Å². The molecular weight excluding hydrogens is 585 g/mol. The second kappa shape index (κ2) is 12.2. The molecule has 38 heavy (non-hydrogen) atoms. The summed E-state index contributed by atoms with van der Waals surface area (Å²) in [5.74, 6) is -0.518. The van der Waals surface area contributed by atoms with Gasteiger partial charge in [0.05, 0.1) is 11.4 Å². The van der Waals surface area contributed by atoms with E-state index >= 15 is 0 Å². The molecular formula is C31H32BrCl2NO3. The van der Waals surface area contributed by atoms with E-state index in [0.29, 0.717) is 5.56 Å². The van der Waals surface area contributed by atoms with E-state index in [1.807, 2.05) is 74.2 Å². The molecule has 0 bridgehead atoms. The van der Waals surface area contributed by atoms with Crippen molar-refractivity contribution < 1.29 is 14.3 Å². The zero-order valence-corrected chi connectivity index (χ0v) is 24.8. The Morgan fingerprint density at radius 3 is 2.18 bits per heavy atom. The number of ether oxygens (including phenoxy) is 1. The third-order valence-corrected chi connectivity index (χ3v) is 7.61. The van der Waals surface area contributed by atoms with Gasteiger partial charge in [-0.1, -0.05) is 70.5 Å². The monoisotopic (exact) mass is 615 g/mol. The summed E-state index contributed by atoms with van der Waals surface area (Å²) in [6.45, 7) is 5.63. The molecule has 1 aliphatic carbocycles. The summed E-state index contributed by atoms with van der Waals surface area (Å²) in [5, 5.41) is 0.194. The van der Waals surface area contributed by atoms with E-state index in [2.05, 4.69) is 46.3 Å². The summed E-state index contributed by atoms with van der Waals surface area (Å²) in [4.78, 5) is 29.9. The average molecular weight is 617 g/mol. The molecule has 3 aromatic carbocycles. The van der Waals surface area contributed by atoms with E-state index in [1.54, 1.807) is 0 Å². The smallest absolute Gasteiger partial charge is 0.330 e. The zero-order valence-electron chi connectivity index (χ0n) is 21.7. The van der Waals surface area contributed by atoms with Crippen molar-refractivity contribution in [3.63, 3.8) is 0 Å². The van der Waals surface area contributed by atoms with Crippen LogP contribution >= 0.6 is 39.1 Å². The largest absolute Gasteiger partial charge is 0.458 e. The Bertz CT molecular complexity index is 1260. The van der Waals surface area contributed by atoms with E-state index in [9.17, 15) is 9.59 Å². The molecule has 1 aliphatic heterocycles. The van der Waals surface area contributed by atoms with Crippen molar-refractivity contribution in [1.29, 1.82) is 0 Å². The first kappa shape index (κ1) is 28.7. The van der Waals surface area contributed by atoms with Crippen LogP contribution in [0.5, 0.6) is 0 Å². The number of carbonyl (C=O) groups excluding carboxylic acids is 2. The summed E-state index contributed by atoms with van der Waals surface area (Å²) in [6.07, 6.45) is 1.84. The van der Waals surface area contributed by atoms with Crippen molar-refractivity contribution in [1.82, 2.24) is 4.90 Å². The van der Waals surface area contributed by atoms with Gasteiger partial charge in [0, 0.05) is 16.0 Å². The molecule has 4 nitrogen and oxygen atoms in total. The van der Waals surface area contributed by atoms with Crippen molar-refractivity contribution in [3.05, 3.63) is 106 Å². The Morgan fingerprint density at radius 2 is 1.55 bits per heavy atom. The zero-order chi connectivity index (χ0) is 27.4. The van der Waals surface area contributed by atoms with Gasteiger partial charge in [0.15, 0.2) is 0 Å². The molecule has 0 aromatic heterocycles. The minimum absolute atomic E-state index is 0.115. The van der Waals surface area contributed by atoms with E-state index in [0.717, 1.165) is 28.4 Å². The van der Waals surface area contributed by atoms with Crippen molar-refractivity contribution in [2.45, 2.75) is 57.2 Å². The number of benzene rings is 3. The van der Waals surface area contributed by atoms with Gasteiger partial charge < -0.3 is 9.64 Å². The number of halogens is 3. The van der Waals surface area contributed by atoms with E-state index in [-0.39, 0.29) is 35.1 Å². The minimum Gasteiger partial charge on any atom is -0.458 e. The van der Waals surface area contributed by atoms with Gasteiger partial charge in [0.1, 0.15) is 11.6 Å². The molecule has 1 amide bonds. The van der Waals surface area contributed by atoms with Gasteiger partial charge in [-0.3, -0.25) is 4.79 Å². The Hall–Kier alpha value is -2.34. The van der Waals surface area contributed by atoms with E-state index in [4.69, 9.17) is 27.9 Å². The number of fused-ring (bicyclic) bond motifs is 3. The van der Waals surface area contributed by atoms with Crippen LogP contribution in [0.15, 0.2) is 83.3 Å². The quantitative estimate of drug-likeness (QED) is 0.220. The molecule has 200 valence electrons. The van der Waals surface area contributed by atoms with Crippen LogP contribution in [0.3, 0.4) is 0 Å². The van der Waals surface area contributed by atoms with Crippen molar-refractivity contribution in [2.24, 2.45) is 5.92 Å². The standard InChI is InChI=1S/C30H30BrNO3.CH2Cl2/c1-30(2,3)35-29(34)27-25(20-10-5-4-6-11-20)24-18-15-19-9-7-8-12-23(19)26(24)32(27)28(33)21-13-16-22(31)17-14-21;2-1-3/h4-14,16-17,24-27H,15,18H2,1-3H3;1H2/t24-,25-,26+,27-;/m1./s1. The van der Waals surface area contributed by atoms with E-state index < -0.39 is 11.6 Å². The first-order chi connectivity index (χ1) is 18.2. The third-order valence-electron chi connectivity index (χ3n) is 7.09. The van der Waals surface area contributed by atoms with Gasteiger partial charge in [-0.25, -0.2) is 4.79 Å². The van der Waals surface area contributed by atoms with Gasteiger partial charge in [-0.2, -0.15) is 0 Å². The lowest BCUT2D eigenvalue weighted by Gasteiger charge is -2.35. The third kappa shape index (κ3) is 6.11. The van der Waals surface area contributed by atoms with Gasteiger partial charge >= 0.3 is 5.97 Å². The average Bonchev–Trinajstić information content (AvgIpc) is 3.25. The Balaban J connectivity index is 0.00000107. The van der Waals surface area contributed by atoms with Crippen LogP contribution < -0.4 is 0 Å². The summed E-state index contributed by atoms with van der Waals surface area (Å²) in [7, 11) is 0. The lowest BCUT2D eigenvalue weighted by molar-refractivity contribution is -0.160. The molecule has 5 rings (SSSR count). The lowest BCUT2D eigenvalue weighted by atomic mass is 9.73. The highest BCUT2D eigenvalue weighted by Crippen LogP contribution is 2.55. The number of nitrogens with zero attached hydrogens (tertiary/aromatic N) is 1. The molecule has 0 spiro atoms. The van der Waals surface area contributed by atoms with Crippen LogP contribution in [0.25, 0.3) is 0 Å². The second-order valence-corrected chi connectivity index (χ2v) is 12.3. The highest BCUT2D eigenvalue weighted by atomic mass is 79.9. The topological polar surface area (TPSA) is 46.6 Å². The van der Waals surface area contributed by atoms with Gasteiger partial charge in [0.25, 0.3) is 5.91 Å². The molecule has 7 heteroatoms. The first-order valence-electron chi connectivity index (χ1n) is 12.7. The number of likely N-dealkylation sites (tertiary alicyclic amines) is 1. The summed E-state index contributed by atoms with van der Waals surface area (Å²) < 4.78 is 6.87. The first-order valence-corrected chi connectivity index (χ1v) is 14.6. The predicted octanol–water partition coefficient (Wildman–Crippen LogP) is 8.12. The van der Waals surface area contributed by atoms with Crippen LogP contribution in [0.2, 0.25) is 0 Å². The maximum Gasteiger partial charge on any atom is 0.330 e. The number of alkyl halides is 2. The summed E-state index contributed by atoms with van der Waals surface area (Å²) in [5.41, 5.74) is 3.37. The SMILES string of the molecule is CC(C)(C)OC(=O)[C@H]1[C@H](c2ccccc2)[C@H]2CCc3ccccc3[C@@H]2N1C(=O)c1ccc(Br)cc1.ClCCl. The van der Waals surface area contributed by atoms with Crippen molar-refractivity contribution in [3.8, 4) is 0 Å². The maximum absolute atomic E-state index is 14.2. The second-order valence-electron chi connectivity index (χ2n) is 10.6. The number of esters is 1. The number of amides is 1. The molecule has 0 saturated carbocycles. The minimum atomic E-state index is -0.714. The highest BCUT2D eigenvalue weighted by molar-refractivity contribution is 9.10. The number of hydrogen-bond donors (Lipinski definition) is 0. The fourth-order valence-electron chi connectivity index (χ4n) is 5.79.